The zero-order chi connectivity index (χ0) is 21.3. The molecule has 2 aromatic carbocycles. The van der Waals surface area contributed by atoms with Gasteiger partial charge in [0.25, 0.3) is 0 Å². The van der Waals surface area contributed by atoms with Crippen LogP contribution >= 0.6 is 11.3 Å². The number of benzene rings is 2. The molecule has 10 heteroatoms. The fourth-order valence-electron chi connectivity index (χ4n) is 3.45. The normalized spacial score (nSPS) is 17.2. The van der Waals surface area contributed by atoms with Gasteiger partial charge < -0.3 is 14.8 Å². The van der Waals surface area contributed by atoms with Crippen LogP contribution < -0.4 is 14.8 Å². The highest BCUT2D eigenvalue weighted by Crippen LogP contribution is 2.31. The molecule has 2 heterocycles. The van der Waals surface area contributed by atoms with E-state index in [2.05, 4.69) is 10.3 Å². The van der Waals surface area contributed by atoms with E-state index in [1.54, 1.807) is 25.3 Å². The number of anilines is 1. The second-order valence-corrected chi connectivity index (χ2v) is 9.71. The van der Waals surface area contributed by atoms with Crippen molar-refractivity contribution >= 4 is 42.6 Å². The fraction of sp³-hybridized carbons (Fsp3) is 0.300. The number of amides is 1. The molecule has 0 aliphatic carbocycles. The first-order valence-corrected chi connectivity index (χ1v) is 11.6. The van der Waals surface area contributed by atoms with Crippen LogP contribution in [-0.2, 0) is 14.8 Å². The van der Waals surface area contributed by atoms with E-state index < -0.39 is 16.1 Å². The second-order valence-electron chi connectivity index (χ2n) is 6.79. The van der Waals surface area contributed by atoms with Crippen molar-refractivity contribution in [3.05, 3.63) is 42.5 Å². The topological polar surface area (TPSA) is 97.8 Å². The van der Waals surface area contributed by atoms with Crippen molar-refractivity contribution in [3.63, 3.8) is 0 Å². The predicted molar refractivity (Wildman–Crippen MR) is 115 cm³/mol. The van der Waals surface area contributed by atoms with Gasteiger partial charge in [0, 0.05) is 6.54 Å². The van der Waals surface area contributed by atoms with Crippen LogP contribution in [0.4, 0.5) is 5.13 Å². The third-order valence-electron chi connectivity index (χ3n) is 5.00. The molecule has 1 aromatic heterocycles. The summed E-state index contributed by atoms with van der Waals surface area (Å²) >= 11 is 1.32. The van der Waals surface area contributed by atoms with Crippen LogP contribution in [0.25, 0.3) is 10.2 Å². The molecule has 30 heavy (non-hydrogen) atoms. The van der Waals surface area contributed by atoms with Gasteiger partial charge in [0.05, 0.1) is 29.3 Å². The molecule has 3 aromatic rings. The van der Waals surface area contributed by atoms with E-state index in [1.807, 2.05) is 12.1 Å². The van der Waals surface area contributed by atoms with Crippen molar-refractivity contribution in [2.75, 3.05) is 26.1 Å². The zero-order valence-corrected chi connectivity index (χ0v) is 18.1. The number of rotatable bonds is 6. The lowest BCUT2D eigenvalue weighted by molar-refractivity contribution is -0.119. The van der Waals surface area contributed by atoms with Gasteiger partial charge >= 0.3 is 0 Å². The Labute approximate surface area is 178 Å². The fourth-order valence-corrected chi connectivity index (χ4v) is 6.00. The van der Waals surface area contributed by atoms with Gasteiger partial charge in [-0.1, -0.05) is 11.3 Å². The molecule has 1 aliphatic heterocycles. The molecule has 1 atom stereocenters. The number of thiazole rings is 1. The Kier molecular flexibility index (Phi) is 5.63. The first kappa shape index (κ1) is 20.6. The molecular weight excluding hydrogens is 426 g/mol. The van der Waals surface area contributed by atoms with E-state index in [-0.39, 0.29) is 10.8 Å². The second kappa shape index (κ2) is 8.21. The number of hydrogen-bond donors (Lipinski definition) is 1. The first-order chi connectivity index (χ1) is 14.4. The minimum Gasteiger partial charge on any atom is -0.497 e. The molecule has 0 saturated carbocycles. The number of carbonyl (C=O) groups is 1. The van der Waals surface area contributed by atoms with Crippen molar-refractivity contribution in [3.8, 4) is 11.5 Å². The molecule has 0 radical (unpaired) electrons. The molecule has 1 amide bonds. The molecule has 1 aliphatic rings. The van der Waals surface area contributed by atoms with Crippen LogP contribution in [0.5, 0.6) is 11.5 Å². The standard InChI is InChI=1S/C20H21N3O5S2/c1-27-13-5-8-15(9-6-13)30(25,26)23-11-3-4-17(23)19(24)22-20-21-16-10-7-14(28-2)12-18(16)29-20/h5-10,12,17H,3-4,11H2,1-2H3,(H,21,22,24). The van der Waals surface area contributed by atoms with Crippen LogP contribution in [-0.4, -0.2) is 50.4 Å². The molecule has 0 bridgehead atoms. The molecular formula is C20H21N3O5S2. The number of hydrogen-bond acceptors (Lipinski definition) is 7. The maximum Gasteiger partial charge on any atom is 0.244 e. The van der Waals surface area contributed by atoms with Gasteiger partial charge in [0.1, 0.15) is 17.5 Å². The number of nitrogens with one attached hydrogen (secondary N) is 1. The molecule has 4 rings (SSSR count). The molecule has 1 fully saturated rings. The van der Waals surface area contributed by atoms with E-state index in [9.17, 15) is 13.2 Å². The van der Waals surface area contributed by atoms with Crippen LogP contribution in [0.15, 0.2) is 47.4 Å². The van der Waals surface area contributed by atoms with Gasteiger partial charge in [-0.15, -0.1) is 0 Å². The summed E-state index contributed by atoms with van der Waals surface area (Å²) < 4.78 is 38.6. The Morgan fingerprint density at radius 3 is 2.53 bits per heavy atom. The summed E-state index contributed by atoms with van der Waals surface area (Å²) in [5.74, 6) is 0.893. The van der Waals surface area contributed by atoms with Crippen molar-refractivity contribution < 1.29 is 22.7 Å². The number of carbonyl (C=O) groups excluding carboxylic acids is 1. The van der Waals surface area contributed by atoms with Crippen LogP contribution in [0.3, 0.4) is 0 Å². The Hall–Kier alpha value is -2.69. The molecule has 1 unspecified atom stereocenters. The van der Waals surface area contributed by atoms with Crippen LogP contribution in [0.1, 0.15) is 12.8 Å². The molecule has 1 saturated heterocycles. The number of sulfonamides is 1. The average Bonchev–Trinajstić information content (AvgIpc) is 3.40. The summed E-state index contributed by atoms with van der Waals surface area (Å²) in [7, 11) is -0.698. The first-order valence-electron chi connectivity index (χ1n) is 9.34. The number of fused-ring (bicyclic) bond motifs is 1. The Morgan fingerprint density at radius 1 is 1.13 bits per heavy atom. The maximum absolute atomic E-state index is 13.1. The smallest absolute Gasteiger partial charge is 0.244 e. The van der Waals surface area contributed by atoms with Crippen molar-refractivity contribution in [2.45, 2.75) is 23.8 Å². The highest BCUT2D eigenvalue weighted by Gasteiger charge is 2.39. The van der Waals surface area contributed by atoms with Crippen LogP contribution in [0.2, 0.25) is 0 Å². The molecule has 8 nitrogen and oxygen atoms in total. The van der Waals surface area contributed by atoms with Gasteiger partial charge in [0.2, 0.25) is 15.9 Å². The van der Waals surface area contributed by atoms with E-state index in [0.717, 1.165) is 10.2 Å². The van der Waals surface area contributed by atoms with Gasteiger partial charge in [-0.05, 0) is 55.3 Å². The third-order valence-corrected chi connectivity index (χ3v) is 7.85. The highest BCUT2D eigenvalue weighted by molar-refractivity contribution is 7.89. The van der Waals surface area contributed by atoms with Gasteiger partial charge in [-0.3, -0.25) is 4.79 Å². The lowest BCUT2D eigenvalue weighted by atomic mass is 10.2. The minimum atomic E-state index is -3.80. The quantitative estimate of drug-likeness (QED) is 0.624. The summed E-state index contributed by atoms with van der Waals surface area (Å²) in [4.78, 5) is 17.5. The summed E-state index contributed by atoms with van der Waals surface area (Å²) in [5.41, 5.74) is 0.741. The van der Waals surface area contributed by atoms with Crippen molar-refractivity contribution in [1.82, 2.24) is 9.29 Å². The maximum atomic E-state index is 13.1. The SMILES string of the molecule is COc1ccc(S(=O)(=O)N2CCCC2C(=O)Nc2nc3ccc(OC)cc3s2)cc1. The average molecular weight is 448 g/mol. The Balaban J connectivity index is 1.54. The van der Waals surface area contributed by atoms with Crippen LogP contribution in [0, 0.1) is 0 Å². The molecule has 1 N–H and O–H groups in total. The summed E-state index contributed by atoms with van der Waals surface area (Å²) in [6, 6.07) is 10.8. The van der Waals surface area contributed by atoms with E-state index in [4.69, 9.17) is 9.47 Å². The summed E-state index contributed by atoms with van der Waals surface area (Å²) in [5, 5.41) is 3.21. The van der Waals surface area contributed by atoms with E-state index in [0.29, 0.717) is 36.0 Å². The van der Waals surface area contributed by atoms with E-state index >= 15 is 0 Å². The van der Waals surface area contributed by atoms with Gasteiger partial charge in [-0.2, -0.15) is 4.31 Å². The monoisotopic (exact) mass is 447 g/mol. The predicted octanol–water partition coefficient (Wildman–Crippen LogP) is 3.11. The van der Waals surface area contributed by atoms with E-state index in [1.165, 1.54) is 34.9 Å². The lowest BCUT2D eigenvalue weighted by Crippen LogP contribution is -2.43. The van der Waals surface area contributed by atoms with Crippen molar-refractivity contribution in [1.29, 1.82) is 0 Å². The van der Waals surface area contributed by atoms with Gasteiger partial charge in [-0.25, -0.2) is 13.4 Å². The zero-order valence-electron chi connectivity index (χ0n) is 16.5. The Bertz CT molecular complexity index is 1170. The minimum absolute atomic E-state index is 0.134. The summed E-state index contributed by atoms with van der Waals surface area (Å²) in [6.45, 7) is 0.295. The number of ether oxygens (including phenoxy) is 2. The highest BCUT2D eigenvalue weighted by atomic mass is 32.2. The summed E-state index contributed by atoms with van der Waals surface area (Å²) in [6.07, 6.45) is 1.07. The Morgan fingerprint density at radius 2 is 1.83 bits per heavy atom. The largest absolute Gasteiger partial charge is 0.497 e. The molecule has 158 valence electrons. The van der Waals surface area contributed by atoms with Gasteiger partial charge in [0.15, 0.2) is 5.13 Å². The molecule has 0 spiro atoms. The number of nitrogens with zero attached hydrogens (tertiary/aromatic N) is 2. The lowest BCUT2D eigenvalue weighted by Gasteiger charge is -2.23. The van der Waals surface area contributed by atoms with Crippen molar-refractivity contribution in [2.24, 2.45) is 0 Å². The number of aromatic nitrogens is 1. The third kappa shape index (κ3) is 3.85. The number of methoxy groups -OCH3 is 2.